The Labute approximate surface area is 101 Å². The number of aliphatic hydroxyl groups excluding tert-OH is 1. The van der Waals surface area contributed by atoms with E-state index >= 15 is 0 Å². The third-order valence-electron chi connectivity index (χ3n) is 3.66. The van der Waals surface area contributed by atoms with Crippen LogP contribution in [0.15, 0.2) is 24.3 Å². The van der Waals surface area contributed by atoms with Gasteiger partial charge in [0.05, 0.1) is 12.1 Å². The van der Waals surface area contributed by atoms with Gasteiger partial charge in [-0.3, -0.25) is 0 Å². The zero-order valence-electron chi connectivity index (χ0n) is 10.0. The quantitative estimate of drug-likeness (QED) is 0.749. The van der Waals surface area contributed by atoms with Crippen molar-refractivity contribution in [3.8, 4) is 0 Å². The van der Waals surface area contributed by atoms with E-state index < -0.39 is 0 Å². The standard InChI is InChI=1S/C13H19FN2O/c1-10-8-15-7-6-13(10,9-17)16-12-4-2-11(14)3-5-12/h2-5,10,15-17H,6-9H2,1H3. The van der Waals surface area contributed by atoms with Crippen molar-refractivity contribution in [2.45, 2.75) is 18.9 Å². The molecule has 4 heteroatoms. The molecule has 0 radical (unpaired) electrons. The summed E-state index contributed by atoms with van der Waals surface area (Å²) >= 11 is 0. The van der Waals surface area contributed by atoms with E-state index in [9.17, 15) is 9.50 Å². The topological polar surface area (TPSA) is 44.3 Å². The molecular weight excluding hydrogens is 219 g/mol. The molecule has 0 aromatic heterocycles. The maximum Gasteiger partial charge on any atom is 0.123 e. The highest BCUT2D eigenvalue weighted by atomic mass is 19.1. The fourth-order valence-corrected chi connectivity index (χ4v) is 2.35. The molecule has 1 fully saturated rings. The summed E-state index contributed by atoms with van der Waals surface area (Å²) in [5, 5.41) is 16.3. The second kappa shape index (κ2) is 5.02. The van der Waals surface area contributed by atoms with Gasteiger partial charge in [-0.1, -0.05) is 6.92 Å². The molecule has 1 saturated heterocycles. The molecule has 94 valence electrons. The van der Waals surface area contributed by atoms with E-state index in [0.717, 1.165) is 25.2 Å². The van der Waals surface area contributed by atoms with Gasteiger partial charge in [-0.25, -0.2) is 4.39 Å². The van der Waals surface area contributed by atoms with E-state index in [1.807, 2.05) is 0 Å². The van der Waals surface area contributed by atoms with Crippen molar-refractivity contribution in [3.05, 3.63) is 30.1 Å². The first kappa shape index (κ1) is 12.3. The van der Waals surface area contributed by atoms with E-state index in [4.69, 9.17) is 0 Å². The number of halogens is 1. The molecule has 0 aliphatic carbocycles. The molecule has 1 aromatic carbocycles. The van der Waals surface area contributed by atoms with Crippen LogP contribution in [0.1, 0.15) is 13.3 Å². The number of rotatable bonds is 3. The van der Waals surface area contributed by atoms with Crippen molar-refractivity contribution >= 4 is 5.69 Å². The van der Waals surface area contributed by atoms with Crippen molar-refractivity contribution in [2.24, 2.45) is 5.92 Å². The lowest BCUT2D eigenvalue weighted by molar-refractivity contribution is 0.135. The number of aliphatic hydroxyl groups is 1. The SMILES string of the molecule is CC1CNCCC1(CO)Nc1ccc(F)cc1. The fourth-order valence-electron chi connectivity index (χ4n) is 2.35. The maximum atomic E-state index is 12.8. The number of hydrogen-bond acceptors (Lipinski definition) is 3. The van der Waals surface area contributed by atoms with Gasteiger partial charge >= 0.3 is 0 Å². The number of nitrogens with one attached hydrogen (secondary N) is 2. The van der Waals surface area contributed by atoms with Crippen LogP contribution in [-0.2, 0) is 0 Å². The predicted octanol–water partition coefficient (Wildman–Crippen LogP) is 1.60. The van der Waals surface area contributed by atoms with E-state index in [2.05, 4.69) is 17.6 Å². The average molecular weight is 238 g/mol. The summed E-state index contributed by atoms with van der Waals surface area (Å²) in [7, 11) is 0. The van der Waals surface area contributed by atoms with Crippen LogP contribution in [0.2, 0.25) is 0 Å². The van der Waals surface area contributed by atoms with Gasteiger partial charge in [0.2, 0.25) is 0 Å². The summed E-state index contributed by atoms with van der Waals surface area (Å²) in [6.07, 6.45) is 0.863. The molecule has 3 N–H and O–H groups in total. The number of piperidine rings is 1. The molecule has 1 aliphatic heterocycles. The summed E-state index contributed by atoms with van der Waals surface area (Å²) in [6.45, 7) is 3.97. The highest BCUT2D eigenvalue weighted by molar-refractivity contribution is 5.46. The lowest BCUT2D eigenvalue weighted by atomic mass is 9.80. The zero-order valence-corrected chi connectivity index (χ0v) is 10.0. The first-order valence-corrected chi connectivity index (χ1v) is 6.02. The average Bonchev–Trinajstić information content (AvgIpc) is 2.35. The van der Waals surface area contributed by atoms with E-state index in [-0.39, 0.29) is 18.0 Å². The molecule has 2 rings (SSSR count). The van der Waals surface area contributed by atoms with Crippen molar-refractivity contribution in [2.75, 3.05) is 25.0 Å². The lowest BCUT2D eigenvalue weighted by Gasteiger charge is -2.43. The van der Waals surface area contributed by atoms with Gasteiger partial charge in [0.25, 0.3) is 0 Å². The molecule has 0 bridgehead atoms. The van der Waals surface area contributed by atoms with E-state index in [1.165, 1.54) is 12.1 Å². The Bertz CT molecular complexity index is 368. The first-order valence-electron chi connectivity index (χ1n) is 6.02. The van der Waals surface area contributed by atoms with E-state index in [0.29, 0.717) is 5.92 Å². The van der Waals surface area contributed by atoms with Crippen molar-refractivity contribution in [1.29, 1.82) is 0 Å². The van der Waals surface area contributed by atoms with Gasteiger partial charge in [-0.15, -0.1) is 0 Å². The second-order valence-corrected chi connectivity index (χ2v) is 4.80. The third kappa shape index (κ3) is 2.58. The van der Waals surface area contributed by atoms with E-state index in [1.54, 1.807) is 12.1 Å². The molecule has 0 spiro atoms. The Kier molecular flexibility index (Phi) is 3.64. The molecule has 2 unspecified atom stereocenters. The third-order valence-corrected chi connectivity index (χ3v) is 3.66. The highest BCUT2D eigenvalue weighted by Gasteiger charge is 2.37. The molecule has 0 saturated carbocycles. The van der Waals surface area contributed by atoms with Gasteiger partial charge < -0.3 is 15.7 Å². The lowest BCUT2D eigenvalue weighted by Crippen LogP contribution is -2.56. The zero-order chi connectivity index (χ0) is 12.3. The van der Waals surface area contributed by atoms with Crippen LogP contribution in [0.3, 0.4) is 0 Å². The van der Waals surface area contributed by atoms with Crippen molar-refractivity contribution < 1.29 is 9.50 Å². The minimum absolute atomic E-state index is 0.0905. The Morgan fingerprint density at radius 1 is 1.47 bits per heavy atom. The Morgan fingerprint density at radius 3 is 2.76 bits per heavy atom. The molecule has 1 aliphatic rings. The normalized spacial score (nSPS) is 29.0. The van der Waals surface area contributed by atoms with Gasteiger partial charge in [-0.05, 0) is 43.1 Å². The molecule has 17 heavy (non-hydrogen) atoms. The Morgan fingerprint density at radius 2 is 2.18 bits per heavy atom. The highest BCUT2D eigenvalue weighted by Crippen LogP contribution is 2.28. The van der Waals surface area contributed by atoms with Crippen LogP contribution in [0.25, 0.3) is 0 Å². The summed E-state index contributed by atoms with van der Waals surface area (Å²) in [4.78, 5) is 0. The minimum Gasteiger partial charge on any atom is -0.394 e. The minimum atomic E-state index is -0.303. The fraction of sp³-hybridized carbons (Fsp3) is 0.538. The Balaban J connectivity index is 2.15. The summed E-state index contributed by atoms with van der Waals surface area (Å²) in [6, 6.07) is 6.28. The first-order chi connectivity index (χ1) is 8.16. The molecule has 1 aromatic rings. The molecule has 3 nitrogen and oxygen atoms in total. The largest absolute Gasteiger partial charge is 0.394 e. The van der Waals surface area contributed by atoms with Crippen LogP contribution in [0, 0.1) is 11.7 Å². The van der Waals surface area contributed by atoms with Crippen LogP contribution >= 0.6 is 0 Å². The molecule has 1 heterocycles. The number of hydrogen-bond donors (Lipinski definition) is 3. The predicted molar refractivity (Wildman–Crippen MR) is 66.5 cm³/mol. The van der Waals surface area contributed by atoms with Crippen molar-refractivity contribution in [1.82, 2.24) is 5.32 Å². The molecule has 2 atom stereocenters. The van der Waals surface area contributed by atoms with Crippen LogP contribution in [0.4, 0.5) is 10.1 Å². The second-order valence-electron chi connectivity index (χ2n) is 4.80. The maximum absolute atomic E-state index is 12.8. The van der Waals surface area contributed by atoms with Crippen molar-refractivity contribution in [3.63, 3.8) is 0 Å². The van der Waals surface area contributed by atoms with Gasteiger partial charge in [-0.2, -0.15) is 0 Å². The molecular formula is C13H19FN2O. The smallest absolute Gasteiger partial charge is 0.123 e. The van der Waals surface area contributed by atoms with Crippen LogP contribution < -0.4 is 10.6 Å². The number of benzene rings is 1. The van der Waals surface area contributed by atoms with Gasteiger partial charge in [0.1, 0.15) is 5.82 Å². The van der Waals surface area contributed by atoms with Crippen LogP contribution in [-0.4, -0.2) is 30.3 Å². The summed E-state index contributed by atoms with van der Waals surface area (Å²) in [5.74, 6) is 0.0817. The van der Waals surface area contributed by atoms with Gasteiger partial charge in [0, 0.05) is 12.2 Å². The Hall–Kier alpha value is -1.13. The monoisotopic (exact) mass is 238 g/mol. The summed E-state index contributed by atoms with van der Waals surface area (Å²) in [5.41, 5.74) is 0.553. The number of anilines is 1. The van der Waals surface area contributed by atoms with Gasteiger partial charge in [0.15, 0.2) is 0 Å². The summed E-state index contributed by atoms with van der Waals surface area (Å²) < 4.78 is 12.8. The molecule has 0 amide bonds. The van der Waals surface area contributed by atoms with Crippen LogP contribution in [0.5, 0.6) is 0 Å².